The Labute approximate surface area is 381 Å². The molecule has 8 aromatic rings. The fourth-order valence-corrected chi connectivity index (χ4v) is 9.87. The minimum absolute atomic E-state index is 0.0121. The Morgan fingerprint density at radius 3 is 1.03 bits per heavy atom. The Kier molecular flexibility index (Phi) is 12.5. The van der Waals surface area contributed by atoms with Crippen molar-refractivity contribution in [3.8, 4) is 11.5 Å². The van der Waals surface area contributed by atoms with Gasteiger partial charge in [-0.25, -0.2) is 0 Å². The molecule has 0 N–H and O–H groups in total. The van der Waals surface area contributed by atoms with Crippen molar-refractivity contribution in [2.75, 3.05) is 0 Å². The number of benzene rings is 8. The molecule has 0 unspecified atom stereocenters. The van der Waals surface area contributed by atoms with Gasteiger partial charge in [0, 0.05) is 11.1 Å². The first-order chi connectivity index (χ1) is 31.5. The highest BCUT2D eigenvalue weighted by Crippen LogP contribution is 2.29. The maximum Gasteiger partial charge on any atom is 0.358 e. The van der Waals surface area contributed by atoms with Gasteiger partial charge in [0.25, 0.3) is 0 Å². The molecule has 66 heavy (non-hydrogen) atoms. The Morgan fingerprint density at radius 2 is 0.667 bits per heavy atom. The third-order valence-corrected chi connectivity index (χ3v) is 14.7. The Balaban J connectivity index is 1.07. The summed E-state index contributed by atoms with van der Waals surface area (Å²) >= 11 is 0. The molecule has 14 nitrogen and oxygen atoms in total. The lowest BCUT2D eigenvalue weighted by Gasteiger charge is -2.12. The Hall–Kier alpha value is -7.38. The topological polar surface area (TPSA) is 198 Å². The smallest absolute Gasteiger partial charge is 0.358 e. The second kappa shape index (κ2) is 18.2. The third kappa shape index (κ3) is 10.3. The first kappa shape index (κ1) is 45.2. The number of rotatable bonds is 15. The summed E-state index contributed by atoms with van der Waals surface area (Å²) in [6.45, 7) is 3.65. The fraction of sp³-hybridized carbons (Fsp3) is 0.0417. The second-order valence-electron chi connectivity index (χ2n) is 14.7. The van der Waals surface area contributed by atoms with Crippen molar-refractivity contribution in [1.82, 2.24) is 0 Å². The quantitative estimate of drug-likeness (QED) is 0.0537. The summed E-state index contributed by atoms with van der Waals surface area (Å²) in [5.41, 5.74) is 1.92. The zero-order chi connectivity index (χ0) is 46.7. The first-order valence-electron chi connectivity index (χ1n) is 19.7. The summed E-state index contributed by atoms with van der Waals surface area (Å²) < 4.78 is 128. The molecule has 0 amide bonds. The van der Waals surface area contributed by atoms with Crippen LogP contribution in [0.1, 0.15) is 22.3 Å². The average Bonchev–Trinajstić information content (AvgIpc) is 3.30. The van der Waals surface area contributed by atoms with Gasteiger partial charge in [-0.1, -0.05) is 131 Å². The van der Waals surface area contributed by atoms with Crippen LogP contribution in [0.25, 0.3) is 21.5 Å². The number of oxime groups is 2. The highest BCUT2D eigenvalue weighted by Gasteiger charge is 2.25. The van der Waals surface area contributed by atoms with Crippen molar-refractivity contribution in [2.45, 2.75) is 33.4 Å². The van der Waals surface area contributed by atoms with Crippen LogP contribution in [0, 0.1) is 13.8 Å². The molecule has 0 radical (unpaired) electrons. The molecule has 8 rings (SSSR count). The zero-order valence-corrected chi connectivity index (χ0v) is 38.0. The third-order valence-electron chi connectivity index (χ3n) is 9.95. The predicted molar refractivity (Wildman–Crippen MR) is 248 cm³/mol. The molecule has 0 bridgehead atoms. The molecular formula is C48H36N2O12S4. The van der Waals surface area contributed by atoms with Gasteiger partial charge >= 0.3 is 40.5 Å². The monoisotopic (exact) mass is 960 g/mol. The van der Waals surface area contributed by atoms with Crippen LogP contribution in [-0.4, -0.2) is 45.1 Å². The number of aryl methyl sites for hydroxylation is 2. The van der Waals surface area contributed by atoms with Gasteiger partial charge in [0.05, 0.1) is 0 Å². The van der Waals surface area contributed by atoms with Gasteiger partial charge in [0.1, 0.15) is 42.5 Å². The maximum atomic E-state index is 13.7. The van der Waals surface area contributed by atoms with E-state index in [4.69, 9.17) is 16.9 Å². The van der Waals surface area contributed by atoms with Crippen molar-refractivity contribution in [3.05, 3.63) is 204 Å². The standard InChI is InChI=1S/C48H36N2O12S4/c1-33-13-23-43(24-14-33)63(51,52)59-41-21-17-39-31-45(27-19-37(39)29-41)65(55,56)61-49-47(35-9-5-3-6-10-35)48(36-11-7-4-8-12-36)50-62-66(57,58)46-28-20-38-30-42(22-18-40(38)32-46)60-64(53,54)44-25-15-34(2)16-26-44/h3-32H,1-2H3/b49-47+,50-48+. The van der Waals surface area contributed by atoms with E-state index >= 15 is 0 Å². The zero-order valence-electron chi connectivity index (χ0n) is 34.7. The van der Waals surface area contributed by atoms with Crippen LogP contribution in [0.4, 0.5) is 0 Å². The van der Waals surface area contributed by atoms with Gasteiger partial charge in [-0.05, 0) is 108 Å². The number of fused-ring (bicyclic) bond motifs is 2. The van der Waals surface area contributed by atoms with Crippen molar-refractivity contribution in [1.29, 1.82) is 0 Å². The SMILES string of the molecule is Cc1ccc(S(=O)(=O)Oc2ccc3cc(S(=O)(=O)O/N=C(/C(=N/OS(=O)(=O)c4ccc5cc(OS(=O)(=O)c6ccc(C)cc6)ccc5c4)c4ccccc4)c4ccccc4)ccc3c2)cc1. The van der Waals surface area contributed by atoms with E-state index < -0.39 is 40.5 Å². The number of nitrogens with zero attached hydrogens (tertiary/aromatic N) is 2. The molecule has 0 spiro atoms. The van der Waals surface area contributed by atoms with Crippen molar-refractivity contribution in [3.63, 3.8) is 0 Å². The van der Waals surface area contributed by atoms with Crippen molar-refractivity contribution >= 4 is 73.4 Å². The summed E-state index contributed by atoms with van der Waals surface area (Å²) in [7, 11) is -17.6. The van der Waals surface area contributed by atoms with Gasteiger partial charge in [-0.2, -0.15) is 33.7 Å². The van der Waals surface area contributed by atoms with Crippen LogP contribution in [0.5, 0.6) is 11.5 Å². The predicted octanol–water partition coefficient (Wildman–Crippen LogP) is 9.06. The van der Waals surface area contributed by atoms with E-state index in [0.717, 1.165) is 11.1 Å². The van der Waals surface area contributed by atoms with Gasteiger partial charge in [0.2, 0.25) is 0 Å². The first-order valence-corrected chi connectivity index (χ1v) is 25.3. The van der Waals surface area contributed by atoms with E-state index in [-0.39, 0.29) is 53.6 Å². The second-order valence-corrected chi connectivity index (χ2v) is 20.9. The molecule has 0 saturated carbocycles. The molecule has 8 aromatic carbocycles. The average molecular weight is 961 g/mol. The molecule has 334 valence electrons. The molecular weight excluding hydrogens is 925 g/mol. The van der Waals surface area contributed by atoms with Crippen LogP contribution >= 0.6 is 0 Å². The maximum absolute atomic E-state index is 13.7. The van der Waals surface area contributed by atoms with E-state index in [0.29, 0.717) is 21.5 Å². The molecule has 0 aliphatic carbocycles. The van der Waals surface area contributed by atoms with Gasteiger partial charge in [-0.3, -0.25) is 8.57 Å². The van der Waals surface area contributed by atoms with Crippen LogP contribution in [-0.2, 0) is 49.0 Å². The molecule has 0 aliphatic rings. The lowest BCUT2D eigenvalue weighted by Crippen LogP contribution is -2.20. The molecule has 0 fully saturated rings. The molecule has 0 heterocycles. The summed E-state index contributed by atoms with van der Waals surface area (Å²) in [6.07, 6.45) is 0. The fourth-order valence-electron chi connectivity index (χ4n) is 6.49. The van der Waals surface area contributed by atoms with Gasteiger partial charge < -0.3 is 8.37 Å². The van der Waals surface area contributed by atoms with E-state index in [1.807, 2.05) is 13.8 Å². The molecule has 0 aromatic heterocycles. The highest BCUT2D eigenvalue weighted by atomic mass is 32.2. The van der Waals surface area contributed by atoms with Gasteiger partial charge in [0.15, 0.2) is 0 Å². The number of hydrogen-bond acceptors (Lipinski definition) is 14. The van der Waals surface area contributed by atoms with Crippen LogP contribution < -0.4 is 8.37 Å². The largest absolute Gasteiger partial charge is 0.379 e. The van der Waals surface area contributed by atoms with E-state index in [2.05, 4.69) is 10.3 Å². The lowest BCUT2D eigenvalue weighted by molar-refractivity contribution is 0.334. The summed E-state index contributed by atoms with van der Waals surface area (Å²) in [4.78, 5) is -0.654. The van der Waals surface area contributed by atoms with Crippen LogP contribution in [0.15, 0.2) is 212 Å². The van der Waals surface area contributed by atoms with E-state index in [1.54, 1.807) is 84.9 Å². The Morgan fingerprint density at radius 1 is 0.348 bits per heavy atom. The summed E-state index contributed by atoms with van der Waals surface area (Å²) in [5.74, 6) is 0.0241. The minimum atomic E-state index is -4.66. The highest BCUT2D eigenvalue weighted by molar-refractivity contribution is 7.87. The Bertz CT molecular complexity index is 3400. The summed E-state index contributed by atoms with van der Waals surface area (Å²) in [6, 6.07) is 45.4. The molecule has 0 atom stereocenters. The molecule has 18 heteroatoms. The number of hydrogen-bond donors (Lipinski definition) is 0. The summed E-state index contributed by atoms with van der Waals surface area (Å²) in [5, 5.41) is 9.82. The minimum Gasteiger partial charge on any atom is -0.379 e. The lowest BCUT2D eigenvalue weighted by atomic mass is 10.0. The van der Waals surface area contributed by atoms with Crippen LogP contribution in [0.2, 0.25) is 0 Å². The van der Waals surface area contributed by atoms with Crippen LogP contribution in [0.3, 0.4) is 0 Å². The van der Waals surface area contributed by atoms with E-state index in [1.165, 1.54) is 97.1 Å². The molecule has 0 aliphatic heterocycles. The van der Waals surface area contributed by atoms with E-state index in [9.17, 15) is 33.7 Å². The van der Waals surface area contributed by atoms with Gasteiger partial charge in [-0.15, -0.1) is 0 Å². The molecule has 0 saturated heterocycles. The normalized spacial score (nSPS) is 12.8. The van der Waals surface area contributed by atoms with Crippen molar-refractivity contribution in [2.24, 2.45) is 10.3 Å². The van der Waals surface area contributed by atoms with Crippen molar-refractivity contribution < 1.29 is 50.6 Å².